The van der Waals surface area contributed by atoms with Gasteiger partial charge in [0.2, 0.25) is 0 Å². The number of hydrogen-bond acceptors (Lipinski definition) is 5. The summed E-state index contributed by atoms with van der Waals surface area (Å²) in [5.41, 5.74) is 3.12. The Kier molecular flexibility index (Phi) is 6.16. The Bertz CT molecular complexity index is 1010. The number of amides is 1. The fourth-order valence-corrected chi connectivity index (χ4v) is 3.56. The Labute approximate surface area is 181 Å². The molecule has 2 heterocycles. The average Bonchev–Trinajstić information content (AvgIpc) is 2.80. The molecule has 1 aliphatic rings. The molecule has 1 aromatic heterocycles. The van der Waals surface area contributed by atoms with Gasteiger partial charge in [-0.05, 0) is 42.5 Å². The van der Waals surface area contributed by atoms with E-state index in [4.69, 9.17) is 16.3 Å². The van der Waals surface area contributed by atoms with Crippen molar-refractivity contribution in [2.24, 2.45) is 0 Å². The van der Waals surface area contributed by atoms with E-state index < -0.39 is 0 Å². The Morgan fingerprint density at radius 2 is 1.87 bits per heavy atom. The summed E-state index contributed by atoms with van der Waals surface area (Å²) in [5, 5.41) is 3.56. The molecule has 0 spiro atoms. The zero-order valence-electron chi connectivity index (χ0n) is 16.7. The van der Waals surface area contributed by atoms with Gasteiger partial charge < -0.3 is 19.9 Å². The zero-order chi connectivity index (χ0) is 20.9. The van der Waals surface area contributed by atoms with Crippen LogP contribution in [0.25, 0.3) is 0 Å². The third-order valence-corrected chi connectivity index (χ3v) is 5.29. The molecule has 30 heavy (non-hydrogen) atoms. The van der Waals surface area contributed by atoms with Crippen LogP contribution in [-0.2, 0) is 4.74 Å². The van der Waals surface area contributed by atoms with Crippen molar-refractivity contribution >= 4 is 40.4 Å². The van der Waals surface area contributed by atoms with Gasteiger partial charge in [0.15, 0.2) is 0 Å². The van der Waals surface area contributed by atoms with Crippen LogP contribution in [0.3, 0.4) is 0 Å². The fourth-order valence-electron chi connectivity index (χ4n) is 3.39. The van der Waals surface area contributed by atoms with Crippen LogP contribution in [0.5, 0.6) is 0 Å². The highest BCUT2D eigenvalue weighted by Gasteiger charge is 2.17. The van der Waals surface area contributed by atoms with E-state index in [9.17, 15) is 4.79 Å². The van der Waals surface area contributed by atoms with E-state index in [2.05, 4.69) is 15.2 Å². The molecule has 1 fully saturated rings. The van der Waals surface area contributed by atoms with Crippen LogP contribution >= 0.6 is 11.6 Å². The summed E-state index contributed by atoms with van der Waals surface area (Å²) in [5.74, 6) is 0.530. The monoisotopic (exact) mass is 422 g/mol. The summed E-state index contributed by atoms with van der Waals surface area (Å²) < 4.78 is 5.43. The largest absolute Gasteiger partial charge is 0.378 e. The van der Waals surface area contributed by atoms with Crippen LogP contribution in [0.2, 0.25) is 5.02 Å². The number of ether oxygens (including phenoxy) is 1. The first kappa shape index (κ1) is 20.2. The van der Waals surface area contributed by atoms with E-state index in [1.54, 1.807) is 18.3 Å². The summed E-state index contributed by atoms with van der Waals surface area (Å²) >= 11 is 6.19. The van der Waals surface area contributed by atoms with Gasteiger partial charge >= 0.3 is 0 Å². The molecule has 0 atom stereocenters. The highest BCUT2D eigenvalue weighted by molar-refractivity contribution is 6.31. The minimum absolute atomic E-state index is 0.229. The summed E-state index contributed by atoms with van der Waals surface area (Å²) in [7, 11) is 1.94. The molecule has 0 saturated carbocycles. The van der Waals surface area contributed by atoms with Crippen LogP contribution in [0.15, 0.2) is 66.9 Å². The van der Waals surface area contributed by atoms with Crippen molar-refractivity contribution in [3.63, 3.8) is 0 Å². The van der Waals surface area contributed by atoms with Gasteiger partial charge in [-0.3, -0.25) is 4.79 Å². The number of aromatic nitrogens is 1. The van der Waals surface area contributed by atoms with Gasteiger partial charge in [0.1, 0.15) is 5.82 Å². The molecule has 4 rings (SSSR count). The number of hydrogen-bond donors (Lipinski definition) is 1. The molecule has 0 aliphatic carbocycles. The molecule has 0 radical (unpaired) electrons. The van der Waals surface area contributed by atoms with Crippen LogP contribution in [0.4, 0.5) is 22.9 Å². The molecular weight excluding hydrogens is 400 g/mol. The summed E-state index contributed by atoms with van der Waals surface area (Å²) in [6, 6.07) is 19.1. The number of benzene rings is 2. The van der Waals surface area contributed by atoms with E-state index in [1.165, 1.54) is 0 Å². The van der Waals surface area contributed by atoms with E-state index in [0.29, 0.717) is 29.5 Å². The maximum absolute atomic E-state index is 12.9. The second-order valence-electron chi connectivity index (χ2n) is 7.01. The van der Waals surface area contributed by atoms with Gasteiger partial charge in [-0.15, -0.1) is 0 Å². The smallest absolute Gasteiger partial charge is 0.257 e. The molecule has 7 heteroatoms. The van der Waals surface area contributed by atoms with Gasteiger partial charge in [-0.1, -0.05) is 29.8 Å². The van der Waals surface area contributed by atoms with E-state index >= 15 is 0 Å². The van der Waals surface area contributed by atoms with Crippen LogP contribution in [0, 0.1) is 0 Å². The second-order valence-corrected chi connectivity index (χ2v) is 7.45. The molecular formula is C23H23ClN4O2. The van der Waals surface area contributed by atoms with E-state index in [0.717, 1.165) is 30.3 Å². The number of carbonyl (C=O) groups excluding carboxylic acids is 1. The molecule has 0 unspecified atom stereocenters. The quantitative estimate of drug-likeness (QED) is 0.651. The highest BCUT2D eigenvalue weighted by Crippen LogP contribution is 2.30. The van der Waals surface area contributed by atoms with Gasteiger partial charge in [0.25, 0.3) is 5.91 Å². The average molecular weight is 423 g/mol. The maximum Gasteiger partial charge on any atom is 0.257 e. The number of carbonyl (C=O) groups is 1. The first-order valence-corrected chi connectivity index (χ1v) is 10.2. The molecule has 1 amide bonds. The Morgan fingerprint density at radius 1 is 1.10 bits per heavy atom. The summed E-state index contributed by atoms with van der Waals surface area (Å²) in [6.45, 7) is 2.87. The van der Waals surface area contributed by atoms with Crippen LogP contribution in [0.1, 0.15) is 10.4 Å². The first-order valence-electron chi connectivity index (χ1n) is 9.80. The molecule has 1 N–H and O–H groups in total. The van der Waals surface area contributed by atoms with E-state index in [1.807, 2.05) is 60.5 Å². The lowest BCUT2D eigenvalue weighted by atomic mass is 10.2. The number of morpholine rings is 1. The van der Waals surface area contributed by atoms with Crippen LogP contribution < -0.4 is 15.1 Å². The predicted octanol–water partition coefficient (Wildman–Crippen LogP) is 4.59. The number of pyridine rings is 1. The molecule has 0 bridgehead atoms. The minimum atomic E-state index is -0.229. The van der Waals surface area contributed by atoms with Crippen molar-refractivity contribution in [3.8, 4) is 0 Å². The fraction of sp³-hybridized carbons (Fsp3) is 0.217. The lowest BCUT2D eigenvalue weighted by molar-refractivity contribution is 0.102. The maximum atomic E-state index is 12.9. The van der Waals surface area contributed by atoms with Crippen molar-refractivity contribution in [2.75, 3.05) is 48.5 Å². The predicted molar refractivity (Wildman–Crippen MR) is 121 cm³/mol. The van der Waals surface area contributed by atoms with Crippen molar-refractivity contribution in [1.82, 2.24) is 4.98 Å². The van der Waals surface area contributed by atoms with Crippen molar-refractivity contribution in [3.05, 3.63) is 77.4 Å². The SMILES string of the molecule is CN(c1ccccc1)c1ccc(C(=O)Nc2cc(Cl)ccc2N2CCOCC2)cn1. The molecule has 154 valence electrons. The summed E-state index contributed by atoms with van der Waals surface area (Å²) in [6.07, 6.45) is 1.59. The van der Waals surface area contributed by atoms with Gasteiger partial charge in [0.05, 0.1) is 30.2 Å². The number of rotatable bonds is 5. The topological polar surface area (TPSA) is 57.7 Å². The van der Waals surface area contributed by atoms with Gasteiger partial charge in [0, 0.05) is 37.0 Å². The first-order chi connectivity index (χ1) is 14.6. The van der Waals surface area contributed by atoms with Gasteiger partial charge in [-0.2, -0.15) is 0 Å². The number of nitrogens with zero attached hydrogens (tertiary/aromatic N) is 3. The minimum Gasteiger partial charge on any atom is -0.378 e. The number of halogens is 1. The second kappa shape index (κ2) is 9.15. The molecule has 1 saturated heterocycles. The Hall–Kier alpha value is -3.09. The third-order valence-electron chi connectivity index (χ3n) is 5.06. The highest BCUT2D eigenvalue weighted by atomic mass is 35.5. The zero-order valence-corrected chi connectivity index (χ0v) is 17.5. The van der Waals surface area contributed by atoms with Crippen LogP contribution in [-0.4, -0.2) is 44.2 Å². The van der Waals surface area contributed by atoms with Gasteiger partial charge in [-0.25, -0.2) is 4.98 Å². The van der Waals surface area contributed by atoms with Crippen molar-refractivity contribution in [1.29, 1.82) is 0 Å². The molecule has 2 aromatic carbocycles. The lowest BCUT2D eigenvalue weighted by Gasteiger charge is -2.30. The normalized spacial score (nSPS) is 13.7. The lowest BCUT2D eigenvalue weighted by Crippen LogP contribution is -2.36. The standard InChI is InChI=1S/C23H23ClN4O2/c1-27(19-5-3-2-4-6-19)22-10-7-17(16-25-22)23(29)26-20-15-18(24)8-9-21(20)28-11-13-30-14-12-28/h2-10,15-16H,11-14H2,1H3,(H,26,29). The Balaban J connectivity index is 1.51. The van der Waals surface area contributed by atoms with Crippen molar-refractivity contribution < 1.29 is 9.53 Å². The Morgan fingerprint density at radius 3 is 2.57 bits per heavy atom. The van der Waals surface area contributed by atoms with E-state index in [-0.39, 0.29) is 5.91 Å². The molecule has 6 nitrogen and oxygen atoms in total. The number of anilines is 4. The number of nitrogens with one attached hydrogen (secondary N) is 1. The molecule has 3 aromatic rings. The number of para-hydroxylation sites is 1. The van der Waals surface area contributed by atoms with Crippen molar-refractivity contribution in [2.45, 2.75) is 0 Å². The summed E-state index contributed by atoms with van der Waals surface area (Å²) in [4.78, 5) is 21.5. The molecule has 1 aliphatic heterocycles. The third kappa shape index (κ3) is 4.56.